The van der Waals surface area contributed by atoms with E-state index in [0.717, 1.165) is 13.1 Å². The van der Waals surface area contributed by atoms with Crippen molar-refractivity contribution in [2.75, 3.05) is 19.7 Å². The van der Waals surface area contributed by atoms with Gasteiger partial charge >= 0.3 is 0 Å². The summed E-state index contributed by atoms with van der Waals surface area (Å²) in [5.41, 5.74) is 1.33. The zero-order valence-corrected chi connectivity index (χ0v) is 10.6. The fraction of sp³-hybridized carbons (Fsp3) is 0.286. The van der Waals surface area contributed by atoms with Crippen molar-refractivity contribution >= 4 is 21.4 Å². The van der Waals surface area contributed by atoms with E-state index in [0.29, 0.717) is 6.54 Å². The Kier molecular flexibility index (Phi) is 4.31. The van der Waals surface area contributed by atoms with Crippen LogP contribution >= 0.6 is 11.3 Å². The average molecular weight is 247 g/mol. The molecule has 0 aliphatic rings. The molecule has 2 rings (SSSR count). The highest BCUT2D eigenvalue weighted by molar-refractivity contribution is 7.17. The summed E-state index contributed by atoms with van der Waals surface area (Å²) in [5, 5.41) is 12.6. The molecule has 0 saturated heterocycles. The van der Waals surface area contributed by atoms with Crippen molar-refractivity contribution in [1.82, 2.24) is 4.90 Å². The van der Waals surface area contributed by atoms with Crippen LogP contribution in [0.5, 0.6) is 0 Å². The normalized spacial score (nSPS) is 11.2. The molecule has 0 unspecified atom stereocenters. The minimum absolute atomic E-state index is 0.190. The van der Waals surface area contributed by atoms with Crippen LogP contribution in [0.3, 0.4) is 0 Å². The molecular weight excluding hydrogens is 230 g/mol. The summed E-state index contributed by atoms with van der Waals surface area (Å²) in [7, 11) is 0. The second kappa shape index (κ2) is 5.96. The summed E-state index contributed by atoms with van der Waals surface area (Å²) < 4.78 is 1.32. The summed E-state index contributed by atoms with van der Waals surface area (Å²) in [4.78, 5) is 2.20. The molecule has 17 heavy (non-hydrogen) atoms. The summed E-state index contributed by atoms with van der Waals surface area (Å²) in [5.74, 6) is 0. The number of hydrogen-bond acceptors (Lipinski definition) is 3. The first-order valence-electron chi connectivity index (χ1n) is 5.74. The van der Waals surface area contributed by atoms with Crippen LogP contribution in [0.1, 0.15) is 5.56 Å². The SMILES string of the molecule is C=CCN(CCO)Cc1csc2ccccc12. The Morgan fingerprint density at radius 1 is 1.35 bits per heavy atom. The van der Waals surface area contributed by atoms with Gasteiger partial charge in [-0.1, -0.05) is 24.3 Å². The number of rotatable bonds is 6. The molecule has 3 heteroatoms. The van der Waals surface area contributed by atoms with Gasteiger partial charge in [-0.3, -0.25) is 4.90 Å². The van der Waals surface area contributed by atoms with E-state index in [9.17, 15) is 0 Å². The van der Waals surface area contributed by atoms with Gasteiger partial charge in [0.05, 0.1) is 6.61 Å². The quantitative estimate of drug-likeness (QED) is 0.793. The average Bonchev–Trinajstić information content (AvgIpc) is 2.74. The summed E-state index contributed by atoms with van der Waals surface area (Å²) in [6.07, 6.45) is 1.88. The van der Waals surface area contributed by atoms with Gasteiger partial charge in [-0.15, -0.1) is 17.9 Å². The summed E-state index contributed by atoms with van der Waals surface area (Å²) in [6.45, 7) is 6.32. The molecule has 0 saturated carbocycles. The first-order valence-corrected chi connectivity index (χ1v) is 6.62. The molecule has 0 spiro atoms. The number of thiophene rings is 1. The Balaban J connectivity index is 2.18. The van der Waals surface area contributed by atoms with E-state index in [1.54, 1.807) is 11.3 Å². The van der Waals surface area contributed by atoms with Crippen molar-refractivity contribution < 1.29 is 5.11 Å². The van der Waals surface area contributed by atoms with Crippen LogP contribution in [0.25, 0.3) is 10.1 Å². The number of nitrogens with zero attached hydrogens (tertiary/aromatic N) is 1. The second-order valence-electron chi connectivity index (χ2n) is 4.00. The minimum atomic E-state index is 0.190. The molecule has 0 bridgehead atoms. The lowest BCUT2D eigenvalue weighted by Gasteiger charge is -2.18. The fourth-order valence-corrected chi connectivity index (χ4v) is 2.91. The third kappa shape index (κ3) is 2.94. The van der Waals surface area contributed by atoms with Gasteiger partial charge in [-0.05, 0) is 22.4 Å². The predicted octanol–water partition coefficient (Wildman–Crippen LogP) is 2.88. The first kappa shape index (κ1) is 12.3. The van der Waals surface area contributed by atoms with Gasteiger partial charge < -0.3 is 5.11 Å². The standard InChI is InChI=1S/C14H17NOS/c1-2-7-15(8-9-16)10-12-11-17-14-6-4-3-5-13(12)14/h2-6,11,16H,1,7-10H2. The molecule has 0 fully saturated rings. The van der Waals surface area contributed by atoms with Gasteiger partial charge in [0.2, 0.25) is 0 Å². The highest BCUT2D eigenvalue weighted by Gasteiger charge is 2.08. The molecule has 90 valence electrons. The van der Waals surface area contributed by atoms with Crippen molar-refractivity contribution in [3.05, 3.63) is 47.9 Å². The van der Waals surface area contributed by atoms with E-state index >= 15 is 0 Å². The van der Waals surface area contributed by atoms with Crippen LogP contribution < -0.4 is 0 Å². The highest BCUT2D eigenvalue weighted by Crippen LogP contribution is 2.26. The number of aliphatic hydroxyl groups excluding tert-OH is 1. The van der Waals surface area contributed by atoms with Gasteiger partial charge in [0.25, 0.3) is 0 Å². The van der Waals surface area contributed by atoms with Crippen molar-refractivity contribution in [1.29, 1.82) is 0 Å². The molecule has 0 aliphatic carbocycles. The zero-order chi connectivity index (χ0) is 12.1. The summed E-state index contributed by atoms with van der Waals surface area (Å²) >= 11 is 1.78. The van der Waals surface area contributed by atoms with Gasteiger partial charge in [0.15, 0.2) is 0 Å². The van der Waals surface area contributed by atoms with Crippen molar-refractivity contribution in [2.24, 2.45) is 0 Å². The molecule has 2 nitrogen and oxygen atoms in total. The van der Waals surface area contributed by atoms with E-state index in [1.807, 2.05) is 6.08 Å². The third-order valence-corrected chi connectivity index (χ3v) is 3.77. The number of hydrogen-bond donors (Lipinski definition) is 1. The fourth-order valence-electron chi connectivity index (χ4n) is 1.96. The molecule has 0 radical (unpaired) electrons. The predicted molar refractivity (Wildman–Crippen MR) is 74.4 cm³/mol. The van der Waals surface area contributed by atoms with E-state index in [4.69, 9.17) is 5.11 Å². The molecule has 2 aromatic rings. The van der Waals surface area contributed by atoms with Crippen LogP contribution in [-0.2, 0) is 6.54 Å². The molecule has 0 atom stereocenters. The molecule has 0 aliphatic heterocycles. The van der Waals surface area contributed by atoms with Crippen LogP contribution in [0.15, 0.2) is 42.3 Å². The molecule has 1 aromatic heterocycles. The molecular formula is C14H17NOS. The Labute approximate surface area is 106 Å². The van der Waals surface area contributed by atoms with Crippen LogP contribution in [-0.4, -0.2) is 29.7 Å². The van der Waals surface area contributed by atoms with Crippen LogP contribution in [0.4, 0.5) is 0 Å². The molecule has 1 heterocycles. The van der Waals surface area contributed by atoms with Crippen LogP contribution in [0.2, 0.25) is 0 Å². The molecule has 1 N–H and O–H groups in total. The largest absolute Gasteiger partial charge is 0.395 e. The first-order chi connectivity index (χ1) is 8.35. The second-order valence-corrected chi connectivity index (χ2v) is 4.92. The van der Waals surface area contributed by atoms with Crippen molar-refractivity contribution in [2.45, 2.75) is 6.54 Å². The molecule has 1 aromatic carbocycles. The van der Waals surface area contributed by atoms with E-state index in [2.05, 4.69) is 41.1 Å². The Morgan fingerprint density at radius 3 is 2.94 bits per heavy atom. The smallest absolute Gasteiger partial charge is 0.0558 e. The van der Waals surface area contributed by atoms with Crippen molar-refractivity contribution in [3.8, 4) is 0 Å². The maximum Gasteiger partial charge on any atom is 0.0558 e. The lowest BCUT2D eigenvalue weighted by atomic mass is 10.1. The maximum absolute atomic E-state index is 9.03. The topological polar surface area (TPSA) is 23.5 Å². The third-order valence-electron chi connectivity index (χ3n) is 2.76. The van der Waals surface area contributed by atoms with Crippen LogP contribution in [0, 0.1) is 0 Å². The van der Waals surface area contributed by atoms with E-state index < -0.39 is 0 Å². The molecule has 0 amide bonds. The van der Waals surface area contributed by atoms with Gasteiger partial charge in [-0.2, -0.15) is 0 Å². The van der Waals surface area contributed by atoms with E-state index in [-0.39, 0.29) is 6.61 Å². The lowest BCUT2D eigenvalue weighted by molar-refractivity contribution is 0.204. The van der Waals surface area contributed by atoms with Gasteiger partial charge in [0.1, 0.15) is 0 Å². The Hall–Kier alpha value is -1.16. The number of benzene rings is 1. The van der Waals surface area contributed by atoms with Crippen molar-refractivity contribution in [3.63, 3.8) is 0 Å². The lowest BCUT2D eigenvalue weighted by Crippen LogP contribution is -2.26. The minimum Gasteiger partial charge on any atom is -0.395 e. The Bertz CT molecular complexity index is 492. The number of aliphatic hydroxyl groups is 1. The zero-order valence-electron chi connectivity index (χ0n) is 9.80. The summed E-state index contributed by atoms with van der Waals surface area (Å²) in [6, 6.07) is 8.44. The van der Waals surface area contributed by atoms with Gasteiger partial charge in [0, 0.05) is 24.3 Å². The number of fused-ring (bicyclic) bond motifs is 1. The highest BCUT2D eigenvalue weighted by atomic mass is 32.1. The maximum atomic E-state index is 9.03. The van der Waals surface area contributed by atoms with Gasteiger partial charge in [-0.25, -0.2) is 0 Å². The Morgan fingerprint density at radius 2 is 2.18 bits per heavy atom. The monoisotopic (exact) mass is 247 g/mol. The van der Waals surface area contributed by atoms with E-state index in [1.165, 1.54) is 15.6 Å².